The van der Waals surface area contributed by atoms with Gasteiger partial charge in [-0.2, -0.15) is 0 Å². The average Bonchev–Trinajstić information content (AvgIpc) is 2.99. The molecule has 25 heavy (non-hydrogen) atoms. The Morgan fingerprint density at radius 3 is 2.56 bits per heavy atom. The van der Waals surface area contributed by atoms with Crippen LogP contribution in [0.25, 0.3) is 22.6 Å². The molecule has 2 aromatic heterocycles. The van der Waals surface area contributed by atoms with Crippen LogP contribution in [-0.2, 0) is 11.8 Å². The summed E-state index contributed by atoms with van der Waals surface area (Å²) in [7, 11) is 2.02. The van der Waals surface area contributed by atoms with E-state index in [9.17, 15) is 4.79 Å². The van der Waals surface area contributed by atoms with Crippen LogP contribution in [0.4, 0.5) is 5.69 Å². The van der Waals surface area contributed by atoms with Gasteiger partial charge in [-0.25, -0.2) is 4.98 Å². The third-order valence-electron chi connectivity index (χ3n) is 4.85. The van der Waals surface area contributed by atoms with E-state index in [0.29, 0.717) is 0 Å². The molecule has 0 unspecified atom stereocenters. The molecule has 3 heterocycles. The molecule has 4 rings (SSSR count). The van der Waals surface area contributed by atoms with E-state index in [1.807, 2.05) is 30.1 Å². The molecule has 0 N–H and O–H groups in total. The third-order valence-corrected chi connectivity index (χ3v) is 4.85. The maximum atomic E-state index is 11.5. The van der Waals surface area contributed by atoms with E-state index < -0.39 is 0 Å². The number of imidazole rings is 1. The normalized spacial score (nSPS) is 15.0. The van der Waals surface area contributed by atoms with Crippen LogP contribution < -0.4 is 4.90 Å². The summed E-state index contributed by atoms with van der Waals surface area (Å²) in [5, 5.41) is 0. The van der Waals surface area contributed by atoms with E-state index in [1.165, 1.54) is 5.69 Å². The van der Waals surface area contributed by atoms with Crippen LogP contribution in [0.5, 0.6) is 0 Å². The van der Waals surface area contributed by atoms with Gasteiger partial charge in [-0.05, 0) is 30.3 Å². The predicted octanol–water partition coefficient (Wildman–Crippen LogP) is 2.30. The lowest BCUT2D eigenvalue weighted by Crippen LogP contribution is -2.48. The molecule has 0 aliphatic carbocycles. The predicted molar refractivity (Wildman–Crippen MR) is 98.4 cm³/mol. The fourth-order valence-corrected chi connectivity index (χ4v) is 3.38. The Labute approximate surface area is 146 Å². The summed E-state index contributed by atoms with van der Waals surface area (Å²) in [5.74, 6) is 1.02. The zero-order chi connectivity index (χ0) is 17.4. The number of hydrogen-bond donors (Lipinski definition) is 0. The molecule has 6 heteroatoms. The second-order valence-corrected chi connectivity index (χ2v) is 6.38. The Morgan fingerprint density at radius 1 is 1.08 bits per heavy atom. The zero-order valence-electron chi connectivity index (χ0n) is 14.5. The zero-order valence-corrected chi connectivity index (χ0v) is 14.5. The molecule has 1 aromatic carbocycles. The van der Waals surface area contributed by atoms with Gasteiger partial charge in [-0.3, -0.25) is 9.78 Å². The van der Waals surface area contributed by atoms with E-state index in [1.54, 1.807) is 13.1 Å². The molecule has 0 spiro atoms. The number of aryl methyl sites for hydroxylation is 1. The van der Waals surface area contributed by atoms with Crippen molar-refractivity contribution >= 4 is 22.6 Å². The molecule has 0 saturated carbocycles. The first-order valence-corrected chi connectivity index (χ1v) is 8.52. The minimum atomic E-state index is 0.154. The highest BCUT2D eigenvalue weighted by Gasteiger charge is 2.20. The fourth-order valence-electron chi connectivity index (χ4n) is 3.38. The molecule has 3 aromatic rings. The summed E-state index contributed by atoms with van der Waals surface area (Å²) in [6, 6.07) is 12.2. The summed E-state index contributed by atoms with van der Waals surface area (Å²) >= 11 is 0. The molecular formula is C19H21N5O. The molecule has 1 fully saturated rings. The van der Waals surface area contributed by atoms with Gasteiger partial charge in [-0.1, -0.05) is 6.07 Å². The van der Waals surface area contributed by atoms with Gasteiger partial charge in [0.25, 0.3) is 0 Å². The van der Waals surface area contributed by atoms with Gasteiger partial charge >= 0.3 is 0 Å². The highest BCUT2D eigenvalue weighted by Crippen LogP contribution is 2.26. The minimum Gasteiger partial charge on any atom is -0.368 e. The van der Waals surface area contributed by atoms with Crippen LogP contribution >= 0.6 is 0 Å². The van der Waals surface area contributed by atoms with Crippen molar-refractivity contribution in [3.63, 3.8) is 0 Å². The summed E-state index contributed by atoms with van der Waals surface area (Å²) < 4.78 is 2.09. The van der Waals surface area contributed by atoms with Crippen LogP contribution in [-0.4, -0.2) is 51.5 Å². The van der Waals surface area contributed by atoms with Crippen molar-refractivity contribution in [2.24, 2.45) is 7.05 Å². The van der Waals surface area contributed by atoms with Crippen LogP contribution in [0, 0.1) is 0 Å². The van der Waals surface area contributed by atoms with Gasteiger partial charge in [0, 0.05) is 52.0 Å². The van der Waals surface area contributed by atoms with Crippen LogP contribution in [0.15, 0.2) is 42.6 Å². The largest absolute Gasteiger partial charge is 0.368 e. The van der Waals surface area contributed by atoms with E-state index in [0.717, 1.165) is 48.7 Å². The lowest BCUT2D eigenvalue weighted by atomic mass is 10.2. The molecule has 6 nitrogen and oxygen atoms in total. The number of nitrogens with zero attached hydrogens (tertiary/aromatic N) is 5. The average molecular weight is 335 g/mol. The van der Waals surface area contributed by atoms with Gasteiger partial charge in [-0.15, -0.1) is 0 Å². The summed E-state index contributed by atoms with van der Waals surface area (Å²) in [4.78, 5) is 24.9. The molecule has 1 saturated heterocycles. The Hall–Kier alpha value is -2.89. The maximum Gasteiger partial charge on any atom is 0.219 e. The second kappa shape index (κ2) is 6.20. The highest BCUT2D eigenvalue weighted by molar-refractivity contribution is 5.83. The molecule has 1 aliphatic rings. The topological polar surface area (TPSA) is 54.3 Å². The fraction of sp³-hybridized carbons (Fsp3) is 0.316. The molecule has 0 radical (unpaired) electrons. The van der Waals surface area contributed by atoms with Crippen molar-refractivity contribution < 1.29 is 4.79 Å². The number of amides is 1. The SMILES string of the molecule is CC(=O)N1CCN(c2ccc3nc(-c4ccccn4)n(C)c3c2)CC1. The van der Waals surface area contributed by atoms with E-state index in [-0.39, 0.29) is 5.91 Å². The van der Waals surface area contributed by atoms with Gasteiger partial charge < -0.3 is 14.4 Å². The first-order chi connectivity index (χ1) is 12.1. The molecule has 0 bridgehead atoms. The Kier molecular flexibility index (Phi) is 3.87. The van der Waals surface area contributed by atoms with Gasteiger partial charge in [0.1, 0.15) is 5.69 Å². The van der Waals surface area contributed by atoms with Gasteiger partial charge in [0.05, 0.1) is 11.0 Å². The lowest BCUT2D eigenvalue weighted by molar-refractivity contribution is -0.129. The monoisotopic (exact) mass is 335 g/mol. The molecule has 1 aliphatic heterocycles. The number of fused-ring (bicyclic) bond motifs is 1. The maximum absolute atomic E-state index is 11.5. The van der Waals surface area contributed by atoms with Crippen molar-refractivity contribution in [1.82, 2.24) is 19.4 Å². The number of hydrogen-bond acceptors (Lipinski definition) is 4. The van der Waals surface area contributed by atoms with Crippen LogP contribution in [0.3, 0.4) is 0 Å². The standard InChI is InChI=1S/C19H21N5O/c1-14(25)23-9-11-24(12-10-23)15-6-7-16-18(13-15)22(2)19(21-16)17-5-3-4-8-20-17/h3-8,13H,9-12H2,1-2H3. The first-order valence-electron chi connectivity index (χ1n) is 8.52. The quantitative estimate of drug-likeness (QED) is 0.721. The Bertz CT molecular complexity index is 910. The van der Waals surface area contributed by atoms with Crippen molar-refractivity contribution in [2.45, 2.75) is 6.92 Å². The van der Waals surface area contributed by atoms with Crippen molar-refractivity contribution in [3.05, 3.63) is 42.6 Å². The number of carbonyl (C=O) groups is 1. The van der Waals surface area contributed by atoms with E-state index >= 15 is 0 Å². The van der Waals surface area contributed by atoms with Crippen LogP contribution in [0.2, 0.25) is 0 Å². The molecule has 128 valence electrons. The second-order valence-electron chi connectivity index (χ2n) is 6.38. The molecular weight excluding hydrogens is 314 g/mol. The van der Waals surface area contributed by atoms with Gasteiger partial charge in [0.2, 0.25) is 5.91 Å². The van der Waals surface area contributed by atoms with Crippen LogP contribution in [0.1, 0.15) is 6.92 Å². The first kappa shape index (κ1) is 15.6. The Balaban J connectivity index is 1.65. The summed E-state index contributed by atoms with van der Waals surface area (Å²) in [6.45, 7) is 4.90. The number of benzene rings is 1. The lowest BCUT2D eigenvalue weighted by Gasteiger charge is -2.35. The number of carbonyl (C=O) groups excluding carboxylic acids is 1. The van der Waals surface area contributed by atoms with E-state index in [4.69, 9.17) is 4.98 Å². The number of anilines is 1. The molecule has 1 amide bonds. The molecule has 0 atom stereocenters. The van der Waals surface area contributed by atoms with Crippen molar-refractivity contribution in [2.75, 3.05) is 31.1 Å². The number of pyridine rings is 1. The van der Waals surface area contributed by atoms with Crippen molar-refractivity contribution in [3.8, 4) is 11.5 Å². The van der Waals surface area contributed by atoms with Gasteiger partial charge in [0.15, 0.2) is 5.82 Å². The number of aromatic nitrogens is 3. The number of rotatable bonds is 2. The summed E-state index contributed by atoms with van der Waals surface area (Å²) in [6.07, 6.45) is 1.79. The minimum absolute atomic E-state index is 0.154. The van der Waals surface area contributed by atoms with E-state index in [2.05, 4.69) is 32.7 Å². The van der Waals surface area contributed by atoms with Crippen molar-refractivity contribution in [1.29, 1.82) is 0 Å². The Morgan fingerprint density at radius 2 is 1.88 bits per heavy atom. The number of piperazine rings is 1. The smallest absolute Gasteiger partial charge is 0.219 e. The summed E-state index contributed by atoms with van der Waals surface area (Å²) in [5.41, 5.74) is 4.10. The highest BCUT2D eigenvalue weighted by atomic mass is 16.2. The third kappa shape index (κ3) is 2.84.